The summed E-state index contributed by atoms with van der Waals surface area (Å²) < 4.78 is 9.18. The van der Waals surface area contributed by atoms with Crippen LogP contribution in [-0.2, 0) is 19.4 Å². The molecule has 7 heteroatoms. The molecule has 0 aliphatic carbocycles. The predicted molar refractivity (Wildman–Crippen MR) is 128 cm³/mol. The molecule has 6 bridgehead atoms. The molecule has 7 nitrogen and oxygen atoms in total. The van der Waals surface area contributed by atoms with Crippen LogP contribution in [0, 0.1) is 16.5 Å². The molecule has 5 aromatic rings. The van der Waals surface area contributed by atoms with E-state index in [-0.39, 0.29) is 0 Å². The number of imidazole rings is 1. The van der Waals surface area contributed by atoms with Gasteiger partial charge in [0.25, 0.3) is 0 Å². The molecule has 0 saturated heterocycles. The SMILES string of the molecule is N#Cc1ccc2cc1Oc1ccc3cc/c(c1c3)=[N+](\[O-])c1ccc(cn1)CCc1cncn1C2. The van der Waals surface area contributed by atoms with Gasteiger partial charge in [0.2, 0.25) is 0 Å². The fraction of sp³-hybridized carbons (Fsp3) is 0.111. The monoisotopic (exact) mass is 445 g/mol. The Morgan fingerprint density at radius 1 is 0.941 bits per heavy atom. The van der Waals surface area contributed by atoms with Crippen LogP contribution in [0.1, 0.15) is 22.4 Å². The van der Waals surface area contributed by atoms with Crippen LogP contribution in [-0.4, -0.2) is 14.5 Å². The Labute approximate surface area is 195 Å². The van der Waals surface area contributed by atoms with Crippen LogP contribution in [0.2, 0.25) is 0 Å². The summed E-state index contributed by atoms with van der Waals surface area (Å²) in [6.07, 6.45) is 7.00. The van der Waals surface area contributed by atoms with Gasteiger partial charge in [-0.15, -0.1) is 0 Å². The minimum atomic E-state index is 0.302. The first kappa shape index (κ1) is 19.9. The molecule has 34 heavy (non-hydrogen) atoms. The van der Waals surface area contributed by atoms with Crippen molar-refractivity contribution in [3.63, 3.8) is 0 Å². The second-order valence-electron chi connectivity index (χ2n) is 8.35. The molecule has 0 saturated carbocycles. The lowest BCUT2D eigenvalue weighted by Gasteiger charge is -2.14. The summed E-state index contributed by atoms with van der Waals surface area (Å²) in [4.78, 5) is 8.75. The van der Waals surface area contributed by atoms with Crippen LogP contribution >= 0.6 is 0 Å². The summed E-state index contributed by atoms with van der Waals surface area (Å²) in [5, 5.41) is 25.0. The molecular weight excluding hydrogens is 426 g/mol. The molecule has 2 aliphatic rings. The van der Waals surface area contributed by atoms with E-state index in [1.165, 1.54) is 0 Å². The highest BCUT2D eigenvalue weighted by Crippen LogP contribution is 2.30. The van der Waals surface area contributed by atoms with Crippen molar-refractivity contribution in [1.82, 2.24) is 19.3 Å². The molecule has 0 atom stereocenters. The first-order valence-electron chi connectivity index (χ1n) is 11.0. The lowest BCUT2D eigenvalue weighted by Crippen LogP contribution is -2.21. The number of aromatic nitrogens is 3. The Morgan fingerprint density at radius 3 is 2.68 bits per heavy atom. The molecule has 2 aliphatic heterocycles. The Balaban J connectivity index is 1.58. The van der Waals surface area contributed by atoms with Gasteiger partial charge in [-0.3, -0.25) is 0 Å². The molecule has 0 N–H and O–H groups in total. The number of hydrogen-bond donors (Lipinski definition) is 0. The number of ether oxygens (including phenoxy) is 1. The zero-order valence-electron chi connectivity index (χ0n) is 18.2. The highest BCUT2D eigenvalue weighted by atomic mass is 16.5. The molecule has 164 valence electrons. The Kier molecular flexibility index (Phi) is 4.70. The third-order valence-corrected chi connectivity index (χ3v) is 6.16. The minimum Gasteiger partial charge on any atom is -0.710 e. The fourth-order valence-corrected chi connectivity index (χ4v) is 4.32. The average molecular weight is 445 g/mol. The highest BCUT2D eigenvalue weighted by molar-refractivity contribution is 5.76. The maximum atomic E-state index is 13.3. The normalized spacial score (nSPS) is 14.8. The lowest BCUT2D eigenvalue weighted by molar-refractivity contribution is 0.485. The number of hydrogen-bond acceptors (Lipinski definition) is 5. The van der Waals surface area contributed by atoms with Gasteiger partial charge in [0, 0.05) is 24.5 Å². The first-order chi connectivity index (χ1) is 16.7. The van der Waals surface area contributed by atoms with Gasteiger partial charge in [0.15, 0.2) is 0 Å². The van der Waals surface area contributed by atoms with E-state index in [1.54, 1.807) is 24.4 Å². The quantitative estimate of drug-likeness (QED) is 0.262. The number of nitriles is 1. The summed E-state index contributed by atoms with van der Waals surface area (Å²) in [6, 6.07) is 20.8. The summed E-state index contributed by atoms with van der Waals surface area (Å²) in [5.41, 5.74) is 3.55. The van der Waals surface area contributed by atoms with E-state index in [1.807, 2.05) is 55.0 Å². The van der Waals surface area contributed by atoms with Gasteiger partial charge in [-0.25, -0.2) is 9.72 Å². The maximum Gasteiger partial charge on any atom is 0.326 e. The van der Waals surface area contributed by atoms with E-state index in [9.17, 15) is 10.5 Å². The van der Waals surface area contributed by atoms with Crippen molar-refractivity contribution < 1.29 is 4.74 Å². The van der Waals surface area contributed by atoms with Crippen molar-refractivity contribution in [1.29, 1.82) is 5.26 Å². The van der Waals surface area contributed by atoms with E-state index in [0.717, 1.165) is 39.8 Å². The fourth-order valence-electron chi connectivity index (χ4n) is 4.32. The molecule has 2 aromatic heterocycles. The van der Waals surface area contributed by atoms with Crippen molar-refractivity contribution in [3.05, 3.63) is 112 Å². The Bertz CT molecular complexity index is 1630. The molecular formula is C27H19N5O2. The number of nitrogens with zero attached hydrogens (tertiary/aromatic N) is 5. The molecule has 0 fully saturated rings. The third kappa shape index (κ3) is 3.51. The topological polar surface area (TPSA) is 89.8 Å². The maximum absolute atomic E-state index is 13.3. The van der Waals surface area contributed by atoms with Crippen LogP contribution in [0.5, 0.6) is 11.5 Å². The number of aryl methyl sites for hydroxylation is 2. The summed E-state index contributed by atoms with van der Waals surface area (Å²) in [7, 11) is 0. The van der Waals surface area contributed by atoms with Gasteiger partial charge in [-0.1, -0.05) is 18.2 Å². The van der Waals surface area contributed by atoms with E-state index in [2.05, 4.69) is 20.6 Å². The molecule has 0 radical (unpaired) electrons. The van der Waals surface area contributed by atoms with E-state index >= 15 is 0 Å². The van der Waals surface area contributed by atoms with Gasteiger partial charge in [-0.05, 0) is 70.7 Å². The Morgan fingerprint density at radius 2 is 1.82 bits per heavy atom. The smallest absolute Gasteiger partial charge is 0.326 e. The largest absolute Gasteiger partial charge is 0.710 e. The van der Waals surface area contributed by atoms with Gasteiger partial charge >= 0.3 is 5.82 Å². The second kappa shape index (κ2) is 8.01. The van der Waals surface area contributed by atoms with Crippen LogP contribution < -0.4 is 14.8 Å². The number of pyridine rings is 1. The average Bonchev–Trinajstić information content (AvgIpc) is 3.31. The Hall–Kier alpha value is -4.70. The summed E-state index contributed by atoms with van der Waals surface area (Å²) in [6.45, 7) is 0.606. The van der Waals surface area contributed by atoms with Gasteiger partial charge in [0.05, 0.1) is 17.3 Å². The van der Waals surface area contributed by atoms with Crippen molar-refractivity contribution in [2.45, 2.75) is 19.4 Å². The molecule has 0 spiro atoms. The van der Waals surface area contributed by atoms with Crippen LogP contribution in [0.25, 0.3) is 10.8 Å². The predicted octanol–water partition coefficient (Wildman–Crippen LogP) is 4.28. The molecule has 0 unspecified atom stereocenters. The van der Waals surface area contributed by atoms with Crippen LogP contribution in [0.4, 0.5) is 5.82 Å². The van der Waals surface area contributed by atoms with Gasteiger partial charge < -0.3 is 14.5 Å². The summed E-state index contributed by atoms with van der Waals surface area (Å²) in [5.74, 6) is 1.25. The van der Waals surface area contributed by atoms with Crippen molar-refractivity contribution in [2.75, 3.05) is 0 Å². The van der Waals surface area contributed by atoms with Crippen molar-refractivity contribution in [3.8, 4) is 17.6 Å². The number of benzene rings is 3. The lowest BCUT2D eigenvalue weighted by atomic mass is 10.1. The third-order valence-electron chi connectivity index (χ3n) is 6.16. The molecule has 7 rings (SSSR count). The van der Waals surface area contributed by atoms with Gasteiger partial charge in [0.1, 0.15) is 29.1 Å². The van der Waals surface area contributed by atoms with Gasteiger partial charge in [-0.2, -0.15) is 5.26 Å². The number of fused-ring (bicyclic) bond motifs is 4. The minimum absolute atomic E-state index is 0.302. The molecule has 3 aromatic carbocycles. The van der Waals surface area contributed by atoms with E-state index in [4.69, 9.17) is 4.74 Å². The van der Waals surface area contributed by atoms with Crippen molar-refractivity contribution in [2.24, 2.45) is 0 Å². The molecule has 0 amide bonds. The van der Waals surface area contributed by atoms with E-state index < -0.39 is 0 Å². The molecule has 4 heterocycles. The zero-order chi connectivity index (χ0) is 23.1. The first-order valence-corrected chi connectivity index (χ1v) is 11.0. The number of rotatable bonds is 0. The zero-order valence-corrected chi connectivity index (χ0v) is 18.2. The standard InChI is InChI=1S/C27H19N5O2/c28-13-21-6-1-20-12-26(21)34-25-9-4-18-3-8-24(23(25)11-18)32(33)27-10-5-19(14-30-27)2-7-22-15-29-17-31(22)16-20/h1,3-6,8-12,14-15,17H,2,7,16H2/b32-24+. The van der Waals surface area contributed by atoms with Crippen molar-refractivity contribution >= 4 is 16.6 Å². The highest BCUT2D eigenvalue weighted by Gasteiger charge is 2.14. The van der Waals surface area contributed by atoms with Crippen LogP contribution in [0.3, 0.4) is 0 Å². The summed E-state index contributed by atoms with van der Waals surface area (Å²) >= 11 is 0. The van der Waals surface area contributed by atoms with Crippen LogP contribution in [0.15, 0.2) is 79.4 Å². The second-order valence-corrected chi connectivity index (χ2v) is 8.35. The van der Waals surface area contributed by atoms with E-state index in [0.29, 0.717) is 40.2 Å².